The second-order valence-corrected chi connectivity index (χ2v) is 4.82. The number of hydrogen-bond acceptors (Lipinski definition) is 4. The van der Waals surface area contributed by atoms with Crippen LogP contribution in [-0.2, 0) is 0 Å². The molecule has 0 saturated carbocycles. The first-order valence-corrected chi connectivity index (χ1v) is 5.99. The van der Waals surface area contributed by atoms with Gasteiger partial charge in [-0.15, -0.1) is 0 Å². The molecule has 0 aliphatic heterocycles. The Morgan fingerprint density at radius 2 is 2.17 bits per heavy atom. The van der Waals surface area contributed by atoms with E-state index in [-0.39, 0.29) is 29.8 Å². The number of amides is 1. The van der Waals surface area contributed by atoms with Gasteiger partial charge < -0.3 is 10.0 Å². The summed E-state index contributed by atoms with van der Waals surface area (Å²) in [7, 11) is 1.54. The summed E-state index contributed by atoms with van der Waals surface area (Å²) in [6, 6.07) is 3.70. The van der Waals surface area contributed by atoms with Crippen molar-refractivity contribution >= 4 is 27.5 Å². The SMILES string of the molecule is CC(CO)N(C)C(=O)c1cc(Br)cc([N+](=O)[O-])c1. The number of nitrogens with zero attached hydrogens (tertiary/aromatic N) is 2. The summed E-state index contributed by atoms with van der Waals surface area (Å²) in [4.78, 5) is 23.5. The van der Waals surface area contributed by atoms with Gasteiger partial charge in [-0.1, -0.05) is 15.9 Å². The number of nitro benzene ring substituents is 1. The minimum Gasteiger partial charge on any atom is -0.394 e. The van der Waals surface area contributed by atoms with Gasteiger partial charge in [-0.2, -0.15) is 0 Å². The van der Waals surface area contributed by atoms with Gasteiger partial charge in [0.15, 0.2) is 0 Å². The van der Waals surface area contributed by atoms with E-state index in [2.05, 4.69) is 15.9 Å². The van der Waals surface area contributed by atoms with E-state index in [1.54, 1.807) is 6.92 Å². The molecule has 1 atom stereocenters. The van der Waals surface area contributed by atoms with E-state index in [4.69, 9.17) is 5.11 Å². The lowest BCUT2D eigenvalue weighted by Gasteiger charge is -2.23. The molecule has 0 spiro atoms. The molecule has 0 aliphatic rings. The van der Waals surface area contributed by atoms with E-state index >= 15 is 0 Å². The molecule has 0 radical (unpaired) electrons. The van der Waals surface area contributed by atoms with Crippen LogP contribution >= 0.6 is 15.9 Å². The Labute approximate surface area is 112 Å². The zero-order valence-corrected chi connectivity index (χ0v) is 11.5. The molecule has 0 aliphatic carbocycles. The van der Waals surface area contributed by atoms with Crippen molar-refractivity contribution in [3.8, 4) is 0 Å². The summed E-state index contributed by atoms with van der Waals surface area (Å²) >= 11 is 3.13. The van der Waals surface area contributed by atoms with Gasteiger partial charge in [0.1, 0.15) is 0 Å². The van der Waals surface area contributed by atoms with E-state index in [1.807, 2.05) is 0 Å². The molecule has 7 heteroatoms. The van der Waals surface area contributed by atoms with Crippen LogP contribution in [0.5, 0.6) is 0 Å². The van der Waals surface area contributed by atoms with Crippen LogP contribution in [0, 0.1) is 10.1 Å². The van der Waals surface area contributed by atoms with Crippen LogP contribution in [0.3, 0.4) is 0 Å². The van der Waals surface area contributed by atoms with Crippen LogP contribution < -0.4 is 0 Å². The van der Waals surface area contributed by atoms with Crippen molar-refractivity contribution in [3.05, 3.63) is 38.3 Å². The molecule has 1 unspecified atom stereocenters. The summed E-state index contributed by atoms with van der Waals surface area (Å²) in [6.45, 7) is 1.52. The summed E-state index contributed by atoms with van der Waals surface area (Å²) in [5.74, 6) is -0.374. The van der Waals surface area contributed by atoms with Crippen molar-refractivity contribution in [2.45, 2.75) is 13.0 Å². The first-order chi connectivity index (χ1) is 8.36. The minimum absolute atomic E-state index is 0.155. The number of aliphatic hydroxyl groups is 1. The number of carbonyl (C=O) groups excluding carboxylic acids is 1. The summed E-state index contributed by atoms with van der Waals surface area (Å²) in [5.41, 5.74) is 0.0525. The molecule has 1 rings (SSSR count). The fourth-order valence-corrected chi connectivity index (χ4v) is 1.81. The maximum atomic E-state index is 12.0. The van der Waals surface area contributed by atoms with Gasteiger partial charge in [-0.3, -0.25) is 14.9 Å². The highest BCUT2D eigenvalue weighted by Gasteiger charge is 2.19. The summed E-state index contributed by atoms with van der Waals surface area (Å²) in [6.07, 6.45) is 0. The van der Waals surface area contributed by atoms with Crippen LogP contribution in [0.25, 0.3) is 0 Å². The number of likely N-dealkylation sites (N-methyl/N-ethyl adjacent to an activating group) is 1. The number of carbonyl (C=O) groups is 1. The zero-order valence-electron chi connectivity index (χ0n) is 9.96. The van der Waals surface area contributed by atoms with Crippen molar-refractivity contribution in [1.82, 2.24) is 4.90 Å². The predicted molar refractivity (Wildman–Crippen MR) is 69.4 cm³/mol. The molecule has 18 heavy (non-hydrogen) atoms. The molecule has 0 bridgehead atoms. The van der Waals surface area contributed by atoms with Crippen molar-refractivity contribution in [1.29, 1.82) is 0 Å². The monoisotopic (exact) mass is 316 g/mol. The van der Waals surface area contributed by atoms with Crippen molar-refractivity contribution < 1.29 is 14.8 Å². The highest BCUT2D eigenvalue weighted by molar-refractivity contribution is 9.10. The highest BCUT2D eigenvalue weighted by atomic mass is 79.9. The normalized spacial score (nSPS) is 12.0. The topological polar surface area (TPSA) is 83.7 Å². The first kappa shape index (κ1) is 14.6. The Hall–Kier alpha value is -1.47. The molecule has 0 fully saturated rings. The maximum Gasteiger partial charge on any atom is 0.271 e. The number of rotatable bonds is 4. The molecular weight excluding hydrogens is 304 g/mol. The number of aliphatic hydroxyl groups excluding tert-OH is 1. The molecule has 6 nitrogen and oxygen atoms in total. The fraction of sp³-hybridized carbons (Fsp3) is 0.364. The molecule has 0 saturated heterocycles. The Morgan fingerprint density at radius 1 is 1.56 bits per heavy atom. The van der Waals surface area contributed by atoms with Crippen LogP contribution in [-0.4, -0.2) is 40.5 Å². The Bertz CT molecular complexity index is 478. The number of nitro groups is 1. The number of benzene rings is 1. The van der Waals surface area contributed by atoms with Crippen LogP contribution in [0.4, 0.5) is 5.69 Å². The Morgan fingerprint density at radius 3 is 2.67 bits per heavy atom. The average Bonchev–Trinajstić information content (AvgIpc) is 2.35. The first-order valence-electron chi connectivity index (χ1n) is 5.19. The molecule has 0 aromatic heterocycles. The number of non-ortho nitro benzene ring substituents is 1. The van der Waals surface area contributed by atoms with Gasteiger partial charge in [0.25, 0.3) is 11.6 Å². The third-order valence-corrected chi connectivity index (χ3v) is 3.04. The van der Waals surface area contributed by atoms with Gasteiger partial charge in [-0.05, 0) is 13.0 Å². The van der Waals surface area contributed by atoms with E-state index in [0.717, 1.165) is 0 Å². The van der Waals surface area contributed by atoms with Gasteiger partial charge in [0.2, 0.25) is 0 Å². The average molecular weight is 317 g/mol. The van der Waals surface area contributed by atoms with Crippen LogP contribution in [0.1, 0.15) is 17.3 Å². The fourth-order valence-electron chi connectivity index (χ4n) is 1.33. The minimum atomic E-state index is -0.559. The smallest absolute Gasteiger partial charge is 0.271 e. The van der Waals surface area contributed by atoms with Crippen molar-refractivity contribution in [2.75, 3.05) is 13.7 Å². The molecule has 0 heterocycles. The number of hydrogen-bond donors (Lipinski definition) is 1. The van der Waals surface area contributed by atoms with Gasteiger partial charge in [0, 0.05) is 29.2 Å². The second-order valence-electron chi connectivity index (χ2n) is 3.90. The third kappa shape index (κ3) is 3.27. The van der Waals surface area contributed by atoms with Gasteiger partial charge in [0.05, 0.1) is 17.6 Å². The van der Waals surface area contributed by atoms with Crippen molar-refractivity contribution in [3.63, 3.8) is 0 Å². The Balaban J connectivity index is 3.09. The summed E-state index contributed by atoms with van der Waals surface area (Å²) in [5, 5.41) is 19.7. The van der Waals surface area contributed by atoms with Crippen LogP contribution in [0.15, 0.2) is 22.7 Å². The molecule has 1 aromatic rings. The van der Waals surface area contributed by atoms with E-state index in [0.29, 0.717) is 4.47 Å². The molecule has 1 aromatic carbocycles. The van der Waals surface area contributed by atoms with Crippen molar-refractivity contribution in [2.24, 2.45) is 0 Å². The molecule has 1 N–H and O–H groups in total. The Kier molecular flexibility index (Phi) is 4.80. The molecular formula is C11H13BrN2O4. The van der Waals surface area contributed by atoms with Gasteiger partial charge >= 0.3 is 0 Å². The van der Waals surface area contributed by atoms with Gasteiger partial charge in [-0.25, -0.2) is 0 Å². The predicted octanol–water partition coefficient (Wildman–Crippen LogP) is 1.81. The van der Waals surface area contributed by atoms with E-state index < -0.39 is 4.92 Å². The quantitative estimate of drug-likeness (QED) is 0.678. The standard InChI is InChI=1S/C11H13BrN2O4/c1-7(6-15)13(2)11(16)8-3-9(12)5-10(4-8)14(17)18/h3-5,7,15H,6H2,1-2H3. The lowest BCUT2D eigenvalue weighted by molar-refractivity contribution is -0.385. The largest absolute Gasteiger partial charge is 0.394 e. The second kappa shape index (κ2) is 5.92. The third-order valence-electron chi connectivity index (χ3n) is 2.59. The van der Waals surface area contributed by atoms with E-state index in [9.17, 15) is 14.9 Å². The maximum absolute atomic E-state index is 12.0. The lowest BCUT2D eigenvalue weighted by Crippen LogP contribution is -2.37. The van der Waals surface area contributed by atoms with E-state index in [1.165, 1.54) is 30.1 Å². The number of halogens is 1. The lowest BCUT2D eigenvalue weighted by atomic mass is 10.1. The highest BCUT2D eigenvalue weighted by Crippen LogP contribution is 2.22. The zero-order chi connectivity index (χ0) is 13.9. The summed E-state index contributed by atoms with van der Waals surface area (Å²) < 4.78 is 0.463. The molecule has 98 valence electrons. The molecule has 1 amide bonds. The van der Waals surface area contributed by atoms with Crippen LogP contribution in [0.2, 0.25) is 0 Å².